The fraction of sp³-hybridized carbons (Fsp3) is 0.667. The third kappa shape index (κ3) is 5.21. The molecule has 144 valence electrons. The number of hydrogen-bond donors (Lipinski definition) is 0. The van der Waals surface area contributed by atoms with Gasteiger partial charge in [0.15, 0.2) is 0 Å². The Morgan fingerprint density at radius 3 is 2.27 bits per heavy atom. The summed E-state index contributed by atoms with van der Waals surface area (Å²) in [7, 11) is 0. The minimum absolute atomic E-state index is 0.311. The van der Waals surface area contributed by atoms with Gasteiger partial charge in [-0.15, -0.1) is 0 Å². The molecular formula is C21H33N3O2. The Morgan fingerprint density at radius 1 is 1.00 bits per heavy atom. The lowest BCUT2D eigenvalue weighted by atomic mass is 9.97. The highest BCUT2D eigenvalue weighted by Crippen LogP contribution is 2.22. The molecule has 0 aliphatic carbocycles. The number of piperazine rings is 1. The molecule has 1 amide bonds. The summed E-state index contributed by atoms with van der Waals surface area (Å²) >= 11 is 0. The first kappa shape index (κ1) is 19.2. The summed E-state index contributed by atoms with van der Waals surface area (Å²) in [5.41, 5.74) is 0. The van der Waals surface area contributed by atoms with Crippen molar-refractivity contribution < 1.29 is 9.53 Å². The van der Waals surface area contributed by atoms with E-state index in [1.807, 2.05) is 30.3 Å². The maximum atomic E-state index is 12.7. The normalized spacial score (nSPS) is 25.2. The third-order valence-electron chi connectivity index (χ3n) is 5.72. The second-order valence-electron chi connectivity index (χ2n) is 7.71. The number of ether oxygens (including phenoxy) is 1. The zero-order valence-electron chi connectivity index (χ0n) is 16.3. The smallest absolute Gasteiger partial charge is 0.237 e. The summed E-state index contributed by atoms with van der Waals surface area (Å²) in [6.07, 6.45) is 3.53. The van der Waals surface area contributed by atoms with Crippen LogP contribution in [0.5, 0.6) is 5.75 Å². The van der Waals surface area contributed by atoms with Gasteiger partial charge in [-0.3, -0.25) is 14.6 Å². The van der Waals surface area contributed by atoms with Gasteiger partial charge in [-0.1, -0.05) is 18.2 Å². The van der Waals surface area contributed by atoms with Crippen LogP contribution in [0.4, 0.5) is 0 Å². The van der Waals surface area contributed by atoms with Gasteiger partial charge in [0.1, 0.15) is 12.4 Å². The molecule has 3 rings (SSSR count). The molecule has 5 nitrogen and oxygen atoms in total. The number of hydrogen-bond acceptors (Lipinski definition) is 4. The summed E-state index contributed by atoms with van der Waals surface area (Å²) in [6.45, 7) is 10.6. The van der Waals surface area contributed by atoms with Crippen LogP contribution >= 0.6 is 0 Å². The molecule has 2 unspecified atom stereocenters. The lowest BCUT2D eigenvalue weighted by Crippen LogP contribution is -2.54. The van der Waals surface area contributed by atoms with Gasteiger partial charge in [0.05, 0.1) is 6.54 Å². The fourth-order valence-corrected chi connectivity index (χ4v) is 4.17. The Bertz CT molecular complexity index is 548. The van der Waals surface area contributed by atoms with E-state index in [4.69, 9.17) is 4.74 Å². The number of nitrogens with zero attached hydrogens (tertiary/aromatic N) is 3. The molecule has 0 N–H and O–H groups in total. The van der Waals surface area contributed by atoms with Gasteiger partial charge < -0.3 is 9.64 Å². The SMILES string of the molecule is CC1CCCC(C)N1C(=O)CN1CCN(CCOc2ccccc2)CC1. The predicted molar refractivity (Wildman–Crippen MR) is 104 cm³/mol. The molecular weight excluding hydrogens is 326 g/mol. The first-order valence-electron chi connectivity index (χ1n) is 10.1. The number of benzene rings is 1. The van der Waals surface area contributed by atoms with Crippen molar-refractivity contribution in [3.63, 3.8) is 0 Å². The van der Waals surface area contributed by atoms with E-state index in [-0.39, 0.29) is 0 Å². The largest absolute Gasteiger partial charge is 0.492 e. The number of piperidine rings is 1. The Morgan fingerprint density at radius 2 is 1.62 bits per heavy atom. The topological polar surface area (TPSA) is 36.0 Å². The van der Waals surface area contributed by atoms with Crippen LogP contribution in [0, 0.1) is 0 Å². The van der Waals surface area contributed by atoms with Crippen molar-refractivity contribution in [2.24, 2.45) is 0 Å². The second-order valence-corrected chi connectivity index (χ2v) is 7.71. The Balaban J connectivity index is 1.36. The second kappa shape index (κ2) is 9.38. The molecule has 0 saturated carbocycles. The number of para-hydroxylation sites is 1. The summed E-state index contributed by atoms with van der Waals surface area (Å²) < 4.78 is 5.79. The summed E-state index contributed by atoms with van der Waals surface area (Å²) in [6, 6.07) is 10.8. The third-order valence-corrected chi connectivity index (χ3v) is 5.72. The van der Waals surface area contributed by atoms with Gasteiger partial charge in [0.2, 0.25) is 5.91 Å². The van der Waals surface area contributed by atoms with Crippen LogP contribution in [-0.2, 0) is 4.79 Å². The van der Waals surface area contributed by atoms with Gasteiger partial charge >= 0.3 is 0 Å². The zero-order valence-corrected chi connectivity index (χ0v) is 16.3. The molecule has 1 aromatic carbocycles. The lowest BCUT2D eigenvalue weighted by molar-refractivity contribution is -0.139. The summed E-state index contributed by atoms with van der Waals surface area (Å²) in [5.74, 6) is 1.24. The standard InChI is InChI=1S/C21H33N3O2/c1-18-7-6-8-19(2)24(18)21(25)17-23-13-11-22(12-14-23)15-16-26-20-9-4-3-5-10-20/h3-5,9-10,18-19H,6-8,11-17H2,1-2H3. The van der Waals surface area contributed by atoms with Gasteiger partial charge in [0.25, 0.3) is 0 Å². The number of rotatable bonds is 6. The number of amides is 1. The van der Waals surface area contributed by atoms with Crippen LogP contribution in [0.15, 0.2) is 30.3 Å². The molecule has 0 radical (unpaired) electrons. The molecule has 0 bridgehead atoms. The van der Waals surface area contributed by atoms with Crippen molar-refractivity contribution in [3.05, 3.63) is 30.3 Å². The molecule has 2 saturated heterocycles. The molecule has 0 aromatic heterocycles. The Labute approximate surface area is 157 Å². The van der Waals surface area contributed by atoms with E-state index in [1.54, 1.807) is 0 Å². The van der Waals surface area contributed by atoms with Crippen molar-refractivity contribution in [1.29, 1.82) is 0 Å². The number of carbonyl (C=O) groups excluding carboxylic acids is 1. The van der Waals surface area contributed by atoms with Crippen molar-refractivity contribution in [3.8, 4) is 5.75 Å². The Kier molecular flexibility index (Phi) is 6.92. The van der Waals surface area contributed by atoms with Crippen molar-refractivity contribution in [2.75, 3.05) is 45.9 Å². The first-order chi connectivity index (χ1) is 12.6. The van der Waals surface area contributed by atoms with Crippen LogP contribution in [0.25, 0.3) is 0 Å². The van der Waals surface area contributed by atoms with E-state index in [1.165, 1.54) is 6.42 Å². The minimum Gasteiger partial charge on any atom is -0.492 e. The fourth-order valence-electron chi connectivity index (χ4n) is 4.17. The van der Waals surface area contributed by atoms with Crippen molar-refractivity contribution in [2.45, 2.75) is 45.2 Å². The number of likely N-dealkylation sites (tertiary alicyclic amines) is 1. The zero-order chi connectivity index (χ0) is 18.4. The van der Waals surface area contributed by atoms with E-state index in [2.05, 4.69) is 28.5 Å². The van der Waals surface area contributed by atoms with E-state index < -0.39 is 0 Å². The van der Waals surface area contributed by atoms with Gasteiger partial charge in [-0.2, -0.15) is 0 Å². The molecule has 2 aliphatic rings. The summed E-state index contributed by atoms with van der Waals surface area (Å²) in [4.78, 5) is 19.6. The lowest BCUT2D eigenvalue weighted by Gasteiger charge is -2.41. The molecule has 1 aromatic rings. The van der Waals surface area contributed by atoms with Gasteiger partial charge in [-0.05, 0) is 45.2 Å². The van der Waals surface area contributed by atoms with E-state index in [9.17, 15) is 4.79 Å². The predicted octanol–water partition coefficient (Wildman–Crippen LogP) is 2.47. The number of carbonyl (C=O) groups is 1. The minimum atomic E-state index is 0.311. The quantitative estimate of drug-likeness (QED) is 0.782. The van der Waals surface area contributed by atoms with Gasteiger partial charge in [0, 0.05) is 44.8 Å². The highest BCUT2D eigenvalue weighted by atomic mass is 16.5. The van der Waals surface area contributed by atoms with Crippen LogP contribution < -0.4 is 4.74 Å². The molecule has 2 fully saturated rings. The Hall–Kier alpha value is -1.59. The van der Waals surface area contributed by atoms with Crippen LogP contribution in [0.1, 0.15) is 33.1 Å². The molecule has 5 heteroatoms. The maximum absolute atomic E-state index is 12.7. The highest BCUT2D eigenvalue weighted by molar-refractivity contribution is 5.79. The molecule has 2 aliphatic heterocycles. The molecule has 2 atom stereocenters. The van der Waals surface area contributed by atoms with Crippen LogP contribution in [0.2, 0.25) is 0 Å². The summed E-state index contributed by atoms with van der Waals surface area (Å²) in [5, 5.41) is 0. The van der Waals surface area contributed by atoms with E-state index >= 15 is 0 Å². The van der Waals surface area contributed by atoms with Crippen molar-refractivity contribution >= 4 is 5.91 Å². The first-order valence-corrected chi connectivity index (χ1v) is 10.1. The molecule has 0 spiro atoms. The maximum Gasteiger partial charge on any atom is 0.237 e. The molecule has 26 heavy (non-hydrogen) atoms. The van der Waals surface area contributed by atoms with Gasteiger partial charge in [-0.25, -0.2) is 0 Å². The van der Waals surface area contributed by atoms with E-state index in [0.717, 1.165) is 51.3 Å². The van der Waals surface area contributed by atoms with Crippen LogP contribution in [-0.4, -0.2) is 78.6 Å². The average molecular weight is 360 g/mol. The van der Waals surface area contributed by atoms with Crippen molar-refractivity contribution in [1.82, 2.24) is 14.7 Å². The molecule has 2 heterocycles. The highest BCUT2D eigenvalue weighted by Gasteiger charge is 2.30. The van der Waals surface area contributed by atoms with Crippen LogP contribution in [0.3, 0.4) is 0 Å². The van der Waals surface area contributed by atoms with E-state index in [0.29, 0.717) is 31.1 Å². The monoisotopic (exact) mass is 359 g/mol. The average Bonchev–Trinajstić information content (AvgIpc) is 2.64.